The van der Waals surface area contributed by atoms with E-state index in [1.807, 2.05) is 22.8 Å². The Morgan fingerprint density at radius 1 is 1.22 bits per heavy atom. The van der Waals surface area contributed by atoms with Crippen LogP contribution in [0.15, 0.2) is 67.0 Å². The van der Waals surface area contributed by atoms with Crippen LogP contribution in [0.3, 0.4) is 0 Å². The molecule has 1 atom stereocenters. The molecule has 10 nitrogen and oxygen atoms in total. The van der Waals surface area contributed by atoms with Crippen LogP contribution in [0.4, 0.5) is 5.69 Å². The summed E-state index contributed by atoms with van der Waals surface area (Å²) in [7, 11) is 1.53. The molecule has 0 bridgehead atoms. The van der Waals surface area contributed by atoms with Crippen LogP contribution in [-0.2, 0) is 13.1 Å². The predicted molar refractivity (Wildman–Crippen MR) is 131 cm³/mol. The van der Waals surface area contributed by atoms with Gasteiger partial charge in [-0.15, -0.1) is 10.2 Å². The third-order valence-corrected chi connectivity index (χ3v) is 5.86. The molecule has 1 aliphatic heterocycles. The number of carbonyl (C=O) groups excluding carboxylic acids is 1. The number of amides is 1. The van der Waals surface area contributed by atoms with E-state index in [0.717, 1.165) is 22.9 Å². The van der Waals surface area contributed by atoms with Gasteiger partial charge in [0.15, 0.2) is 11.6 Å². The lowest BCUT2D eigenvalue weighted by Gasteiger charge is -2.15. The summed E-state index contributed by atoms with van der Waals surface area (Å²) in [5.41, 5.74) is 2.60. The molecular weight excluding hydrogens is 458 g/mol. The number of benzene rings is 2. The highest BCUT2D eigenvalue weighted by molar-refractivity contribution is 5.95. The summed E-state index contributed by atoms with van der Waals surface area (Å²) in [5.74, 6) is 2.33. The third kappa shape index (κ3) is 4.54. The molecule has 0 spiro atoms. The molecule has 2 N–H and O–H groups in total. The number of hydrogen-bond donors (Lipinski definition) is 2. The number of nitriles is 1. The van der Waals surface area contributed by atoms with Gasteiger partial charge in [-0.3, -0.25) is 9.78 Å². The molecule has 1 aliphatic rings. The Bertz CT molecular complexity index is 1440. The summed E-state index contributed by atoms with van der Waals surface area (Å²) >= 11 is 0. The second-order valence-corrected chi connectivity index (χ2v) is 8.02. The Labute approximate surface area is 207 Å². The number of carbonyl (C=O) groups is 1. The van der Waals surface area contributed by atoms with Crippen molar-refractivity contribution in [2.75, 3.05) is 19.0 Å². The van der Waals surface area contributed by atoms with Crippen molar-refractivity contribution in [3.8, 4) is 29.0 Å². The van der Waals surface area contributed by atoms with E-state index in [-0.39, 0.29) is 5.91 Å². The lowest BCUT2D eigenvalue weighted by Crippen LogP contribution is -2.28. The van der Waals surface area contributed by atoms with Gasteiger partial charge in [0, 0.05) is 23.0 Å². The van der Waals surface area contributed by atoms with Gasteiger partial charge in [0.05, 0.1) is 38.0 Å². The summed E-state index contributed by atoms with van der Waals surface area (Å²) in [4.78, 5) is 17.1. The number of fused-ring (bicyclic) bond motifs is 3. The predicted octanol–water partition coefficient (Wildman–Crippen LogP) is 3.35. The highest BCUT2D eigenvalue weighted by Crippen LogP contribution is 2.30. The van der Waals surface area contributed by atoms with Crippen LogP contribution in [0.25, 0.3) is 11.4 Å². The van der Waals surface area contributed by atoms with Crippen LogP contribution < -0.4 is 20.1 Å². The minimum absolute atomic E-state index is 0.366. The first-order valence-electron chi connectivity index (χ1n) is 11.3. The van der Waals surface area contributed by atoms with E-state index in [4.69, 9.17) is 9.47 Å². The fourth-order valence-corrected chi connectivity index (χ4v) is 4.08. The number of nitrogens with one attached hydrogen (secondary N) is 2. The number of nitrogens with zero attached hydrogens (tertiary/aromatic N) is 5. The Hall–Kier alpha value is -4.91. The summed E-state index contributed by atoms with van der Waals surface area (Å²) in [6.07, 6.45) is 3.38. The maximum absolute atomic E-state index is 12.9. The zero-order chi connectivity index (χ0) is 24.9. The number of anilines is 1. The minimum atomic E-state index is -0.850. The van der Waals surface area contributed by atoms with Crippen molar-refractivity contribution in [1.82, 2.24) is 25.1 Å². The normalized spacial score (nSPS) is 12.7. The van der Waals surface area contributed by atoms with Gasteiger partial charge in [-0.2, -0.15) is 5.26 Å². The molecule has 4 aromatic rings. The Balaban J connectivity index is 1.30. The van der Waals surface area contributed by atoms with Crippen molar-refractivity contribution >= 4 is 11.6 Å². The second kappa shape index (κ2) is 10.1. The van der Waals surface area contributed by atoms with Gasteiger partial charge in [0.1, 0.15) is 24.1 Å². The van der Waals surface area contributed by atoms with E-state index in [9.17, 15) is 10.1 Å². The molecule has 0 fully saturated rings. The van der Waals surface area contributed by atoms with Crippen LogP contribution in [0, 0.1) is 11.3 Å². The number of para-hydroxylation sites is 1. The first kappa shape index (κ1) is 22.9. The smallest absolute Gasteiger partial charge is 0.252 e. The van der Waals surface area contributed by atoms with Crippen molar-refractivity contribution in [2.24, 2.45) is 0 Å². The van der Waals surface area contributed by atoms with Gasteiger partial charge in [-0.05, 0) is 30.3 Å². The monoisotopic (exact) mass is 481 g/mol. The number of hydrogen-bond acceptors (Lipinski definition) is 8. The third-order valence-electron chi connectivity index (χ3n) is 5.86. The van der Waals surface area contributed by atoms with E-state index in [1.54, 1.807) is 48.8 Å². The molecule has 10 heteroatoms. The molecule has 0 saturated heterocycles. The molecule has 180 valence electrons. The summed E-state index contributed by atoms with van der Waals surface area (Å²) in [6, 6.07) is 17.3. The lowest BCUT2D eigenvalue weighted by molar-refractivity contribution is 0.0945. The van der Waals surface area contributed by atoms with Gasteiger partial charge in [0.2, 0.25) is 0 Å². The molecule has 5 rings (SSSR count). The molecule has 0 unspecified atom stereocenters. The number of pyridine rings is 1. The van der Waals surface area contributed by atoms with Gasteiger partial charge >= 0.3 is 0 Å². The first-order chi connectivity index (χ1) is 17.7. The summed E-state index contributed by atoms with van der Waals surface area (Å²) in [5, 5.41) is 24.5. The standard InChI is InChI=1S/C26H23N7O3/c1-35-22-8-3-2-7-19(22)21(14-27)30-26(34)17-5-4-6-18(13-17)29-16-24-31-32-25-20-9-10-28-15-23(20)36-12-11-33(24)25/h2-10,13,15,21,29H,11-12,16H2,1H3,(H,30,34)/t21-/m1/s1. The van der Waals surface area contributed by atoms with E-state index < -0.39 is 6.04 Å². The van der Waals surface area contributed by atoms with Crippen molar-refractivity contribution in [3.05, 3.63) is 83.9 Å². The molecule has 36 heavy (non-hydrogen) atoms. The van der Waals surface area contributed by atoms with Crippen molar-refractivity contribution in [3.63, 3.8) is 0 Å². The van der Waals surface area contributed by atoms with Gasteiger partial charge < -0.3 is 24.7 Å². The van der Waals surface area contributed by atoms with Crippen LogP contribution in [0.5, 0.6) is 11.5 Å². The Morgan fingerprint density at radius 3 is 2.97 bits per heavy atom. The van der Waals surface area contributed by atoms with Crippen molar-refractivity contribution in [2.45, 2.75) is 19.1 Å². The molecule has 2 aromatic carbocycles. The minimum Gasteiger partial charge on any atom is -0.496 e. The molecule has 0 aliphatic carbocycles. The van der Waals surface area contributed by atoms with Gasteiger partial charge in [-0.25, -0.2) is 0 Å². The maximum Gasteiger partial charge on any atom is 0.252 e. The molecular formula is C26H23N7O3. The Kier molecular flexibility index (Phi) is 6.44. The highest BCUT2D eigenvalue weighted by atomic mass is 16.5. The fourth-order valence-electron chi connectivity index (χ4n) is 4.08. The molecule has 0 saturated carbocycles. The number of rotatable bonds is 7. The Morgan fingerprint density at radius 2 is 2.11 bits per heavy atom. The van der Waals surface area contributed by atoms with E-state index >= 15 is 0 Å². The molecule has 3 heterocycles. The van der Waals surface area contributed by atoms with E-state index in [1.165, 1.54) is 7.11 Å². The van der Waals surface area contributed by atoms with Gasteiger partial charge in [-0.1, -0.05) is 24.3 Å². The largest absolute Gasteiger partial charge is 0.496 e. The summed E-state index contributed by atoms with van der Waals surface area (Å²) in [6.45, 7) is 1.49. The van der Waals surface area contributed by atoms with E-state index in [0.29, 0.717) is 42.3 Å². The maximum atomic E-state index is 12.9. The van der Waals surface area contributed by atoms with Crippen LogP contribution in [0.1, 0.15) is 27.8 Å². The number of ether oxygens (including phenoxy) is 2. The highest BCUT2D eigenvalue weighted by Gasteiger charge is 2.21. The SMILES string of the molecule is COc1ccccc1[C@@H](C#N)NC(=O)c1cccc(NCc2nnc3n2CCOc2cnccc2-3)c1. The quantitative estimate of drug-likeness (QED) is 0.411. The van der Waals surface area contributed by atoms with Crippen LogP contribution in [0.2, 0.25) is 0 Å². The molecule has 1 amide bonds. The summed E-state index contributed by atoms with van der Waals surface area (Å²) < 4.78 is 13.1. The average molecular weight is 482 g/mol. The average Bonchev–Trinajstić information content (AvgIpc) is 3.23. The van der Waals surface area contributed by atoms with Crippen molar-refractivity contribution in [1.29, 1.82) is 5.26 Å². The number of aromatic nitrogens is 4. The first-order valence-corrected chi connectivity index (χ1v) is 11.3. The number of methoxy groups -OCH3 is 1. The lowest BCUT2D eigenvalue weighted by atomic mass is 10.1. The van der Waals surface area contributed by atoms with Crippen molar-refractivity contribution < 1.29 is 14.3 Å². The fraction of sp³-hybridized carbons (Fsp3) is 0.192. The molecule has 0 radical (unpaired) electrons. The van der Waals surface area contributed by atoms with E-state index in [2.05, 4.69) is 31.9 Å². The topological polar surface area (TPSA) is 127 Å². The zero-order valence-electron chi connectivity index (χ0n) is 19.5. The van der Waals surface area contributed by atoms with Crippen LogP contribution >= 0.6 is 0 Å². The van der Waals surface area contributed by atoms with Gasteiger partial charge in [0.25, 0.3) is 5.91 Å². The molecule has 2 aromatic heterocycles. The second-order valence-electron chi connectivity index (χ2n) is 8.02. The van der Waals surface area contributed by atoms with Crippen LogP contribution in [-0.4, -0.2) is 39.4 Å². The zero-order valence-corrected chi connectivity index (χ0v) is 19.5.